The van der Waals surface area contributed by atoms with Gasteiger partial charge in [0.1, 0.15) is 6.61 Å². The molecule has 1 unspecified atom stereocenters. The number of carbonyl (C=O) groups excluding carboxylic acids is 1. The van der Waals surface area contributed by atoms with Crippen molar-refractivity contribution in [1.82, 2.24) is 4.90 Å². The molecule has 1 aliphatic rings. The van der Waals surface area contributed by atoms with E-state index in [2.05, 4.69) is 0 Å². The van der Waals surface area contributed by atoms with Crippen LogP contribution < -0.4 is 0 Å². The van der Waals surface area contributed by atoms with E-state index in [-0.39, 0.29) is 24.5 Å². The van der Waals surface area contributed by atoms with Crippen molar-refractivity contribution in [3.05, 3.63) is 0 Å². The predicted octanol–water partition coefficient (Wildman–Crippen LogP) is 1.51. The number of ether oxygens (including phenoxy) is 1. The van der Waals surface area contributed by atoms with Crippen molar-refractivity contribution in [2.75, 3.05) is 19.7 Å². The fraction of sp³-hybridized carbons (Fsp3) is 0.846. The molecule has 18 heavy (non-hydrogen) atoms. The molecule has 0 aromatic heterocycles. The molecule has 0 aromatic rings. The zero-order chi connectivity index (χ0) is 13.8. The fourth-order valence-corrected chi connectivity index (χ4v) is 1.99. The Hall–Kier alpha value is -1.10. The van der Waals surface area contributed by atoms with Crippen LogP contribution in [0.3, 0.4) is 0 Å². The Morgan fingerprint density at radius 1 is 1.39 bits per heavy atom. The van der Waals surface area contributed by atoms with Crippen LogP contribution in [-0.2, 0) is 14.3 Å². The highest BCUT2D eigenvalue weighted by Crippen LogP contribution is 2.21. The summed E-state index contributed by atoms with van der Waals surface area (Å²) in [6.45, 7) is 7.24. The SMILES string of the molecule is CC(C)(C)OCC(=O)N1CCC(CCC(=O)O)C1. The number of nitrogens with zero attached hydrogens (tertiary/aromatic N) is 1. The predicted molar refractivity (Wildman–Crippen MR) is 67.3 cm³/mol. The molecule has 1 rings (SSSR count). The number of hydrogen-bond donors (Lipinski definition) is 1. The van der Waals surface area contributed by atoms with Crippen LogP contribution in [0.25, 0.3) is 0 Å². The number of hydrogen-bond acceptors (Lipinski definition) is 3. The molecule has 1 fully saturated rings. The minimum absolute atomic E-state index is 0.00255. The zero-order valence-corrected chi connectivity index (χ0v) is 11.4. The molecule has 1 atom stereocenters. The summed E-state index contributed by atoms with van der Waals surface area (Å²) in [4.78, 5) is 24.1. The van der Waals surface area contributed by atoms with E-state index < -0.39 is 5.97 Å². The Bertz CT molecular complexity index is 309. The molecule has 5 nitrogen and oxygen atoms in total. The second kappa shape index (κ2) is 6.18. The van der Waals surface area contributed by atoms with Gasteiger partial charge in [0, 0.05) is 19.5 Å². The van der Waals surface area contributed by atoms with E-state index in [0.29, 0.717) is 18.9 Å². The molecular formula is C13H23NO4. The first kappa shape index (κ1) is 15.0. The number of aliphatic carboxylic acids is 1. The van der Waals surface area contributed by atoms with Crippen LogP contribution in [0.4, 0.5) is 0 Å². The second-order valence-corrected chi connectivity index (χ2v) is 5.83. The summed E-state index contributed by atoms with van der Waals surface area (Å²) in [6, 6.07) is 0. The van der Waals surface area contributed by atoms with E-state index in [1.165, 1.54) is 0 Å². The molecule has 1 aliphatic heterocycles. The van der Waals surface area contributed by atoms with Crippen molar-refractivity contribution in [2.24, 2.45) is 5.92 Å². The lowest BCUT2D eigenvalue weighted by Crippen LogP contribution is -2.35. The summed E-state index contributed by atoms with van der Waals surface area (Å²) in [5, 5.41) is 8.62. The molecule has 0 spiro atoms. The van der Waals surface area contributed by atoms with Crippen LogP contribution in [0.5, 0.6) is 0 Å². The largest absolute Gasteiger partial charge is 0.481 e. The molecule has 0 aromatic carbocycles. The summed E-state index contributed by atoms with van der Waals surface area (Å²) in [5.41, 5.74) is -0.307. The normalized spacial score (nSPS) is 20.2. The maximum Gasteiger partial charge on any atom is 0.303 e. The van der Waals surface area contributed by atoms with Gasteiger partial charge in [0.15, 0.2) is 0 Å². The highest BCUT2D eigenvalue weighted by atomic mass is 16.5. The van der Waals surface area contributed by atoms with Crippen LogP contribution >= 0.6 is 0 Å². The minimum Gasteiger partial charge on any atom is -0.481 e. The Balaban J connectivity index is 2.28. The van der Waals surface area contributed by atoms with Crippen LogP contribution in [0.2, 0.25) is 0 Å². The van der Waals surface area contributed by atoms with E-state index in [1.54, 1.807) is 4.90 Å². The molecule has 1 saturated heterocycles. The average molecular weight is 257 g/mol. The summed E-state index contributed by atoms with van der Waals surface area (Å²) in [5.74, 6) is -0.446. The molecule has 5 heteroatoms. The van der Waals surface area contributed by atoms with Gasteiger partial charge in [0.25, 0.3) is 0 Å². The van der Waals surface area contributed by atoms with Crippen LogP contribution in [0.15, 0.2) is 0 Å². The molecule has 1 heterocycles. The first-order chi connectivity index (χ1) is 8.28. The summed E-state index contributed by atoms with van der Waals surface area (Å²) >= 11 is 0. The Morgan fingerprint density at radius 2 is 2.06 bits per heavy atom. The smallest absolute Gasteiger partial charge is 0.303 e. The quantitative estimate of drug-likeness (QED) is 0.810. The molecule has 0 bridgehead atoms. The number of rotatable bonds is 5. The van der Waals surface area contributed by atoms with Gasteiger partial charge >= 0.3 is 5.97 Å². The van der Waals surface area contributed by atoms with Crippen LogP contribution in [0.1, 0.15) is 40.0 Å². The zero-order valence-electron chi connectivity index (χ0n) is 11.4. The first-order valence-electron chi connectivity index (χ1n) is 6.41. The second-order valence-electron chi connectivity index (χ2n) is 5.83. The summed E-state index contributed by atoms with van der Waals surface area (Å²) in [6.07, 6.45) is 1.74. The van der Waals surface area contributed by atoms with Gasteiger partial charge in [-0.1, -0.05) is 0 Å². The van der Waals surface area contributed by atoms with Gasteiger partial charge in [0.05, 0.1) is 5.60 Å². The Morgan fingerprint density at radius 3 is 2.61 bits per heavy atom. The summed E-state index contributed by atoms with van der Waals surface area (Å²) < 4.78 is 5.45. The van der Waals surface area contributed by atoms with Crippen molar-refractivity contribution in [3.63, 3.8) is 0 Å². The third-order valence-electron chi connectivity index (χ3n) is 3.03. The van der Waals surface area contributed by atoms with Gasteiger partial charge in [-0.15, -0.1) is 0 Å². The van der Waals surface area contributed by atoms with Crippen molar-refractivity contribution < 1.29 is 19.4 Å². The fourth-order valence-electron chi connectivity index (χ4n) is 1.99. The van der Waals surface area contributed by atoms with E-state index >= 15 is 0 Å². The Kier molecular flexibility index (Phi) is 5.14. The number of carboxylic acids is 1. The van der Waals surface area contributed by atoms with Crippen LogP contribution in [-0.4, -0.2) is 47.2 Å². The van der Waals surface area contributed by atoms with Crippen LogP contribution in [0, 0.1) is 5.92 Å². The first-order valence-corrected chi connectivity index (χ1v) is 6.41. The highest BCUT2D eigenvalue weighted by molar-refractivity contribution is 5.77. The van der Waals surface area contributed by atoms with E-state index in [9.17, 15) is 9.59 Å². The lowest BCUT2D eigenvalue weighted by atomic mass is 10.0. The molecule has 0 radical (unpaired) electrons. The molecule has 1 N–H and O–H groups in total. The van der Waals surface area contributed by atoms with E-state index in [1.807, 2.05) is 20.8 Å². The summed E-state index contributed by atoms with van der Waals surface area (Å²) in [7, 11) is 0. The van der Waals surface area contributed by atoms with Crippen molar-refractivity contribution in [1.29, 1.82) is 0 Å². The molecule has 104 valence electrons. The third kappa shape index (κ3) is 5.49. The molecule has 0 aliphatic carbocycles. The number of likely N-dealkylation sites (tertiary alicyclic amines) is 1. The van der Waals surface area contributed by atoms with Crippen molar-refractivity contribution in [3.8, 4) is 0 Å². The van der Waals surface area contributed by atoms with Gasteiger partial charge in [-0.25, -0.2) is 0 Å². The minimum atomic E-state index is -0.768. The third-order valence-corrected chi connectivity index (χ3v) is 3.03. The van der Waals surface area contributed by atoms with E-state index in [0.717, 1.165) is 13.0 Å². The van der Waals surface area contributed by atoms with E-state index in [4.69, 9.17) is 9.84 Å². The molecular weight excluding hydrogens is 234 g/mol. The van der Waals surface area contributed by atoms with Gasteiger partial charge in [-0.2, -0.15) is 0 Å². The van der Waals surface area contributed by atoms with Crippen molar-refractivity contribution in [2.45, 2.75) is 45.6 Å². The Labute approximate surface area is 108 Å². The monoisotopic (exact) mass is 257 g/mol. The maximum absolute atomic E-state index is 11.9. The highest BCUT2D eigenvalue weighted by Gasteiger charge is 2.27. The van der Waals surface area contributed by atoms with Gasteiger partial charge in [-0.3, -0.25) is 9.59 Å². The number of amides is 1. The maximum atomic E-state index is 11.9. The number of carbonyl (C=O) groups is 2. The molecule has 1 amide bonds. The lowest BCUT2D eigenvalue weighted by molar-refractivity contribution is -0.140. The topological polar surface area (TPSA) is 66.8 Å². The van der Waals surface area contributed by atoms with Gasteiger partial charge < -0.3 is 14.7 Å². The van der Waals surface area contributed by atoms with Crippen molar-refractivity contribution >= 4 is 11.9 Å². The van der Waals surface area contributed by atoms with Gasteiger partial charge in [-0.05, 0) is 39.5 Å². The number of carboxylic acid groups (broad SMARTS) is 1. The lowest BCUT2D eigenvalue weighted by Gasteiger charge is -2.22. The standard InChI is InChI=1S/C13H23NO4/c1-13(2,3)18-9-11(15)14-7-6-10(8-14)4-5-12(16)17/h10H,4-9H2,1-3H3,(H,16,17). The molecule has 0 saturated carbocycles. The average Bonchev–Trinajstić information content (AvgIpc) is 2.70. The van der Waals surface area contributed by atoms with Gasteiger partial charge in [0.2, 0.25) is 5.91 Å².